The van der Waals surface area contributed by atoms with Crippen molar-refractivity contribution in [2.45, 2.75) is 64.5 Å². The molecule has 0 bridgehead atoms. The summed E-state index contributed by atoms with van der Waals surface area (Å²) in [5.41, 5.74) is 2.67. The van der Waals surface area contributed by atoms with E-state index < -0.39 is 0 Å². The van der Waals surface area contributed by atoms with Crippen LogP contribution >= 0.6 is 0 Å². The molecule has 116 valence electrons. The zero-order valence-corrected chi connectivity index (χ0v) is 13.9. The molecule has 0 spiro atoms. The smallest absolute Gasteiger partial charge is 0.129 e. The van der Waals surface area contributed by atoms with Crippen LogP contribution in [0.15, 0.2) is 12.1 Å². The Hall–Kier alpha value is -1.09. The SMILES string of the molecule is CNCc1cc(N(CC2CC2)C2CC2)nc(C(C)(C)C)c1. The second-order valence-electron chi connectivity index (χ2n) is 7.83. The molecule has 2 fully saturated rings. The molecule has 3 heteroatoms. The van der Waals surface area contributed by atoms with Crippen LogP contribution in [0.2, 0.25) is 0 Å². The molecule has 2 saturated carbocycles. The molecule has 1 aromatic heterocycles. The van der Waals surface area contributed by atoms with Gasteiger partial charge in [-0.05, 0) is 56.3 Å². The number of anilines is 1. The van der Waals surface area contributed by atoms with Gasteiger partial charge in [0.05, 0.1) is 0 Å². The van der Waals surface area contributed by atoms with Crippen molar-refractivity contribution in [2.75, 3.05) is 18.5 Å². The van der Waals surface area contributed by atoms with Gasteiger partial charge < -0.3 is 10.2 Å². The molecule has 0 amide bonds. The molecule has 0 radical (unpaired) electrons. The highest BCUT2D eigenvalue weighted by molar-refractivity contribution is 5.46. The largest absolute Gasteiger partial charge is 0.353 e. The van der Waals surface area contributed by atoms with Crippen molar-refractivity contribution in [2.24, 2.45) is 5.92 Å². The highest BCUT2D eigenvalue weighted by Gasteiger charge is 2.35. The first-order valence-electron chi connectivity index (χ1n) is 8.40. The second kappa shape index (κ2) is 5.60. The van der Waals surface area contributed by atoms with Gasteiger partial charge in [-0.15, -0.1) is 0 Å². The van der Waals surface area contributed by atoms with Crippen LogP contribution in [0.3, 0.4) is 0 Å². The van der Waals surface area contributed by atoms with Gasteiger partial charge in [0, 0.05) is 30.2 Å². The monoisotopic (exact) mass is 287 g/mol. The molecule has 0 atom stereocenters. The minimum absolute atomic E-state index is 0.104. The predicted octanol–water partition coefficient (Wildman–Crippen LogP) is 3.48. The Morgan fingerprint density at radius 1 is 1.19 bits per heavy atom. The van der Waals surface area contributed by atoms with Crippen LogP contribution in [-0.4, -0.2) is 24.6 Å². The van der Waals surface area contributed by atoms with Crippen LogP contribution in [0, 0.1) is 5.92 Å². The number of aromatic nitrogens is 1. The van der Waals surface area contributed by atoms with Crippen LogP contribution < -0.4 is 10.2 Å². The minimum Gasteiger partial charge on any atom is -0.353 e. The molecule has 0 unspecified atom stereocenters. The molecule has 21 heavy (non-hydrogen) atoms. The Labute approximate surface area is 129 Å². The van der Waals surface area contributed by atoms with Gasteiger partial charge in [0.25, 0.3) is 0 Å². The van der Waals surface area contributed by atoms with E-state index in [2.05, 4.69) is 43.1 Å². The molecule has 3 nitrogen and oxygen atoms in total. The molecule has 1 heterocycles. The van der Waals surface area contributed by atoms with E-state index in [0.29, 0.717) is 0 Å². The van der Waals surface area contributed by atoms with Gasteiger partial charge >= 0.3 is 0 Å². The molecule has 1 N–H and O–H groups in total. The molecule has 3 rings (SSSR count). The van der Waals surface area contributed by atoms with E-state index >= 15 is 0 Å². The third-order valence-electron chi connectivity index (χ3n) is 4.45. The standard InChI is InChI=1S/C18H29N3/c1-18(2,3)16-9-14(11-19-4)10-17(20-16)21(15-7-8-15)12-13-5-6-13/h9-10,13,15,19H,5-8,11-12H2,1-4H3. The summed E-state index contributed by atoms with van der Waals surface area (Å²) < 4.78 is 0. The lowest BCUT2D eigenvalue weighted by Crippen LogP contribution is -2.30. The molecule has 0 aliphatic heterocycles. The van der Waals surface area contributed by atoms with Crippen molar-refractivity contribution in [3.8, 4) is 0 Å². The Bertz CT molecular complexity index is 496. The Morgan fingerprint density at radius 2 is 1.90 bits per heavy atom. The van der Waals surface area contributed by atoms with Crippen LogP contribution in [0.1, 0.15) is 57.7 Å². The Morgan fingerprint density at radius 3 is 2.43 bits per heavy atom. The maximum Gasteiger partial charge on any atom is 0.129 e. The van der Waals surface area contributed by atoms with Crippen molar-refractivity contribution in [3.63, 3.8) is 0 Å². The lowest BCUT2D eigenvalue weighted by atomic mass is 9.90. The lowest BCUT2D eigenvalue weighted by Gasteiger charge is -2.27. The summed E-state index contributed by atoms with van der Waals surface area (Å²) in [6, 6.07) is 5.31. The zero-order chi connectivity index (χ0) is 15.0. The van der Waals surface area contributed by atoms with Crippen molar-refractivity contribution in [1.82, 2.24) is 10.3 Å². The number of nitrogens with one attached hydrogen (secondary N) is 1. The minimum atomic E-state index is 0.104. The summed E-state index contributed by atoms with van der Waals surface area (Å²) >= 11 is 0. The first-order valence-corrected chi connectivity index (χ1v) is 8.40. The number of rotatable bonds is 6. The number of hydrogen-bond donors (Lipinski definition) is 1. The van der Waals surface area contributed by atoms with Gasteiger partial charge in [-0.3, -0.25) is 0 Å². The number of hydrogen-bond acceptors (Lipinski definition) is 3. The van der Waals surface area contributed by atoms with Crippen LogP contribution in [0.4, 0.5) is 5.82 Å². The maximum absolute atomic E-state index is 5.03. The highest BCUT2D eigenvalue weighted by Crippen LogP contribution is 2.38. The Balaban J connectivity index is 1.92. The number of pyridine rings is 1. The van der Waals surface area contributed by atoms with Crippen molar-refractivity contribution >= 4 is 5.82 Å². The van der Waals surface area contributed by atoms with Crippen molar-refractivity contribution in [1.29, 1.82) is 0 Å². The topological polar surface area (TPSA) is 28.2 Å². The first kappa shape index (κ1) is 14.8. The summed E-state index contributed by atoms with van der Waals surface area (Å²) in [5.74, 6) is 2.13. The first-order chi connectivity index (χ1) is 9.97. The normalized spacial score (nSPS) is 18.9. The molecule has 2 aliphatic rings. The lowest BCUT2D eigenvalue weighted by molar-refractivity contribution is 0.564. The van der Waals surface area contributed by atoms with Gasteiger partial charge in [-0.1, -0.05) is 20.8 Å². The summed E-state index contributed by atoms with van der Waals surface area (Å²) in [6.07, 6.45) is 5.50. The summed E-state index contributed by atoms with van der Waals surface area (Å²) in [7, 11) is 2.01. The summed E-state index contributed by atoms with van der Waals surface area (Å²) in [4.78, 5) is 7.62. The maximum atomic E-state index is 5.03. The number of nitrogens with zero attached hydrogens (tertiary/aromatic N) is 2. The van der Waals surface area contributed by atoms with Gasteiger partial charge in [0.2, 0.25) is 0 Å². The van der Waals surface area contributed by atoms with Gasteiger partial charge in [0.1, 0.15) is 5.82 Å². The fourth-order valence-electron chi connectivity index (χ4n) is 2.80. The van der Waals surface area contributed by atoms with E-state index in [1.54, 1.807) is 0 Å². The van der Waals surface area contributed by atoms with Crippen molar-refractivity contribution in [3.05, 3.63) is 23.4 Å². The average molecular weight is 287 g/mol. The highest BCUT2D eigenvalue weighted by atomic mass is 15.2. The van der Waals surface area contributed by atoms with Crippen LogP contribution in [-0.2, 0) is 12.0 Å². The second-order valence-corrected chi connectivity index (χ2v) is 7.83. The van der Waals surface area contributed by atoms with Crippen LogP contribution in [0.5, 0.6) is 0 Å². The van der Waals surface area contributed by atoms with E-state index in [1.165, 1.54) is 49.3 Å². The van der Waals surface area contributed by atoms with E-state index in [1.807, 2.05) is 7.05 Å². The summed E-state index contributed by atoms with van der Waals surface area (Å²) in [6.45, 7) is 8.89. The predicted molar refractivity (Wildman–Crippen MR) is 88.8 cm³/mol. The fourth-order valence-corrected chi connectivity index (χ4v) is 2.80. The van der Waals surface area contributed by atoms with Crippen molar-refractivity contribution < 1.29 is 0 Å². The molecule has 0 aromatic carbocycles. The average Bonchev–Trinajstić information content (AvgIpc) is 3.27. The van der Waals surface area contributed by atoms with Gasteiger partial charge in [0.15, 0.2) is 0 Å². The molecule has 0 saturated heterocycles. The fraction of sp³-hybridized carbons (Fsp3) is 0.722. The quantitative estimate of drug-likeness (QED) is 0.868. The third-order valence-corrected chi connectivity index (χ3v) is 4.45. The Kier molecular flexibility index (Phi) is 3.96. The van der Waals surface area contributed by atoms with E-state index in [-0.39, 0.29) is 5.41 Å². The van der Waals surface area contributed by atoms with Gasteiger partial charge in [-0.2, -0.15) is 0 Å². The van der Waals surface area contributed by atoms with Gasteiger partial charge in [-0.25, -0.2) is 4.98 Å². The van der Waals surface area contributed by atoms with E-state index in [4.69, 9.17) is 4.98 Å². The molecular formula is C18H29N3. The summed E-state index contributed by atoms with van der Waals surface area (Å²) in [5, 5.41) is 3.28. The van der Waals surface area contributed by atoms with E-state index in [0.717, 1.165) is 18.5 Å². The third kappa shape index (κ3) is 3.76. The molecular weight excluding hydrogens is 258 g/mol. The zero-order valence-electron chi connectivity index (χ0n) is 13.9. The molecule has 1 aromatic rings. The molecule has 2 aliphatic carbocycles. The van der Waals surface area contributed by atoms with E-state index in [9.17, 15) is 0 Å². The van der Waals surface area contributed by atoms with Crippen LogP contribution in [0.25, 0.3) is 0 Å².